The van der Waals surface area contributed by atoms with E-state index in [9.17, 15) is 0 Å². The van der Waals surface area contributed by atoms with E-state index in [4.69, 9.17) is 9.98 Å². The summed E-state index contributed by atoms with van der Waals surface area (Å²) in [7, 11) is 0. The van der Waals surface area contributed by atoms with Gasteiger partial charge in [0.05, 0.1) is 22.8 Å². The van der Waals surface area contributed by atoms with Crippen molar-refractivity contribution in [1.82, 2.24) is 9.97 Å². The van der Waals surface area contributed by atoms with Gasteiger partial charge in [0.1, 0.15) is 0 Å². The van der Waals surface area contributed by atoms with Crippen LogP contribution in [0.25, 0.3) is 44.1 Å². The fourth-order valence-electron chi connectivity index (χ4n) is 4.98. The van der Waals surface area contributed by atoms with Gasteiger partial charge >= 0.3 is 0 Å². The highest BCUT2D eigenvalue weighted by molar-refractivity contribution is 6.14. The molecule has 6 aromatic rings. The summed E-state index contributed by atoms with van der Waals surface area (Å²) in [6, 6.07) is 33.3. The Balaban J connectivity index is 1.65. The minimum absolute atomic E-state index is 0.782. The molecule has 0 N–H and O–H groups in total. The summed E-state index contributed by atoms with van der Waals surface area (Å²) >= 11 is 0. The molecular weight excluding hydrogens is 440 g/mol. The molecule has 0 spiro atoms. The highest BCUT2D eigenvalue weighted by atomic mass is 14.8. The van der Waals surface area contributed by atoms with E-state index in [1.54, 1.807) is 12.4 Å². The highest BCUT2D eigenvalue weighted by Crippen LogP contribution is 2.45. The van der Waals surface area contributed by atoms with Gasteiger partial charge in [-0.1, -0.05) is 60.7 Å². The second kappa shape index (κ2) is 8.36. The molecule has 3 heterocycles. The maximum Gasteiger partial charge on any atom is 0.0980 e. The van der Waals surface area contributed by atoms with Gasteiger partial charge in [0, 0.05) is 47.1 Å². The molecule has 1 aliphatic rings. The van der Waals surface area contributed by atoms with Gasteiger partial charge < -0.3 is 0 Å². The summed E-state index contributed by atoms with van der Waals surface area (Å²) in [6.45, 7) is 0. The van der Waals surface area contributed by atoms with E-state index in [2.05, 4.69) is 82.8 Å². The molecule has 36 heavy (non-hydrogen) atoms. The van der Waals surface area contributed by atoms with Crippen molar-refractivity contribution in [3.63, 3.8) is 0 Å². The summed E-state index contributed by atoms with van der Waals surface area (Å²) in [6.07, 6.45) is 7.38. The van der Waals surface area contributed by atoms with Crippen molar-refractivity contribution in [2.24, 2.45) is 9.98 Å². The number of aromatic nitrogens is 2. The van der Waals surface area contributed by atoms with E-state index in [1.165, 1.54) is 0 Å². The Hall–Kier alpha value is -4.96. The number of benzene rings is 4. The second-order valence-electron chi connectivity index (χ2n) is 8.76. The molecule has 4 aromatic carbocycles. The molecule has 0 saturated carbocycles. The van der Waals surface area contributed by atoms with E-state index < -0.39 is 0 Å². The van der Waals surface area contributed by atoms with Crippen LogP contribution >= 0.6 is 0 Å². The van der Waals surface area contributed by atoms with E-state index >= 15 is 0 Å². The molecule has 7 rings (SSSR count). The molecule has 1 aliphatic heterocycles. The molecule has 168 valence electrons. The summed E-state index contributed by atoms with van der Waals surface area (Å²) in [5.74, 6) is 0. The van der Waals surface area contributed by atoms with Crippen molar-refractivity contribution in [1.29, 1.82) is 0 Å². The van der Waals surface area contributed by atoms with Gasteiger partial charge in [-0.3, -0.25) is 20.0 Å². The highest BCUT2D eigenvalue weighted by Gasteiger charge is 2.18. The molecule has 0 fully saturated rings. The van der Waals surface area contributed by atoms with Crippen LogP contribution in [0, 0.1) is 0 Å². The lowest BCUT2D eigenvalue weighted by Crippen LogP contribution is -1.99. The van der Waals surface area contributed by atoms with Crippen LogP contribution in [0.3, 0.4) is 0 Å². The van der Waals surface area contributed by atoms with Crippen molar-refractivity contribution in [3.8, 4) is 22.5 Å². The predicted octanol–water partition coefficient (Wildman–Crippen LogP) is 7.93. The van der Waals surface area contributed by atoms with Gasteiger partial charge in [0.2, 0.25) is 0 Å². The zero-order chi connectivity index (χ0) is 23.9. The number of hydrogen-bond acceptors (Lipinski definition) is 4. The smallest absolute Gasteiger partial charge is 0.0980 e. The first-order chi connectivity index (χ1) is 17.9. The number of fused-ring (bicyclic) bond motifs is 10. The van der Waals surface area contributed by atoms with Crippen LogP contribution < -0.4 is 0 Å². The van der Waals surface area contributed by atoms with Crippen LogP contribution in [0.2, 0.25) is 0 Å². The quantitative estimate of drug-likeness (QED) is 0.231. The first kappa shape index (κ1) is 20.4. The van der Waals surface area contributed by atoms with E-state index in [0.717, 1.165) is 66.6 Å². The van der Waals surface area contributed by atoms with Crippen molar-refractivity contribution in [2.45, 2.75) is 0 Å². The van der Waals surface area contributed by atoms with Gasteiger partial charge in [-0.25, -0.2) is 0 Å². The lowest BCUT2D eigenvalue weighted by Gasteiger charge is -2.16. The molecule has 0 amide bonds. The standard InChI is InChI=1S/C32H20N4/c1-3-11-25-21(7-1)13-15-27-29(25)30-26-12-4-2-8-22(26)14-16-28(30)36-20-24-10-6-18-34-32(24)31-23(19-35-27)9-5-17-33-31/h1-20H. The molecule has 0 atom stereocenters. The fourth-order valence-corrected chi connectivity index (χ4v) is 4.98. The normalized spacial score (nSPS) is 12.2. The minimum atomic E-state index is 0.782. The number of rotatable bonds is 0. The predicted molar refractivity (Wildman–Crippen MR) is 149 cm³/mol. The van der Waals surface area contributed by atoms with Crippen LogP contribution in [-0.2, 0) is 0 Å². The Morgan fingerprint density at radius 3 is 1.39 bits per heavy atom. The first-order valence-corrected chi connectivity index (χ1v) is 11.9. The molecular formula is C32H20N4. The van der Waals surface area contributed by atoms with Gasteiger partial charge in [-0.2, -0.15) is 0 Å². The van der Waals surface area contributed by atoms with Crippen LogP contribution in [0.15, 0.2) is 119 Å². The lowest BCUT2D eigenvalue weighted by atomic mass is 9.91. The third kappa shape index (κ3) is 3.31. The van der Waals surface area contributed by atoms with E-state index in [-0.39, 0.29) is 0 Å². The Labute approximate surface area is 208 Å². The third-order valence-corrected chi connectivity index (χ3v) is 6.65. The Morgan fingerprint density at radius 1 is 0.417 bits per heavy atom. The zero-order valence-electron chi connectivity index (χ0n) is 19.3. The number of nitrogens with zero attached hydrogens (tertiary/aromatic N) is 4. The average molecular weight is 461 g/mol. The first-order valence-electron chi connectivity index (χ1n) is 11.9. The maximum atomic E-state index is 5.05. The fraction of sp³-hybridized carbons (Fsp3) is 0. The molecule has 0 aliphatic carbocycles. The van der Waals surface area contributed by atoms with Crippen molar-refractivity contribution < 1.29 is 0 Å². The summed E-state index contributed by atoms with van der Waals surface area (Å²) in [5, 5.41) is 4.62. The monoisotopic (exact) mass is 460 g/mol. The Morgan fingerprint density at radius 2 is 0.889 bits per heavy atom. The van der Waals surface area contributed by atoms with Crippen molar-refractivity contribution in [2.75, 3.05) is 0 Å². The average Bonchev–Trinajstić information content (AvgIpc) is 2.94. The zero-order valence-corrected chi connectivity index (χ0v) is 19.3. The van der Waals surface area contributed by atoms with E-state index in [1.807, 2.05) is 36.7 Å². The Kier molecular flexibility index (Phi) is 4.74. The second-order valence-corrected chi connectivity index (χ2v) is 8.76. The summed E-state index contributed by atoms with van der Waals surface area (Å²) in [4.78, 5) is 19.4. The van der Waals surface area contributed by atoms with Gasteiger partial charge in [0.15, 0.2) is 0 Å². The number of aliphatic imine (C=N–C) groups is 2. The SMILES string of the molecule is C1=Nc2ccc3ccccc3c2-c2c(ccc3ccccc23)N=Cc2cccnc2-c2ncccc21. The maximum absolute atomic E-state index is 5.05. The molecule has 0 radical (unpaired) electrons. The van der Waals surface area contributed by atoms with Crippen LogP contribution in [0.5, 0.6) is 0 Å². The van der Waals surface area contributed by atoms with Gasteiger partial charge in [-0.15, -0.1) is 0 Å². The van der Waals surface area contributed by atoms with E-state index in [0.29, 0.717) is 0 Å². The van der Waals surface area contributed by atoms with Crippen molar-refractivity contribution in [3.05, 3.63) is 121 Å². The van der Waals surface area contributed by atoms with Crippen LogP contribution in [-0.4, -0.2) is 22.4 Å². The molecule has 0 unspecified atom stereocenters. The van der Waals surface area contributed by atoms with Crippen LogP contribution in [0.1, 0.15) is 11.1 Å². The minimum Gasteiger partial charge on any atom is -0.256 e. The Bertz CT molecular complexity index is 1710. The third-order valence-electron chi connectivity index (χ3n) is 6.65. The summed E-state index contributed by atoms with van der Waals surface area (Å²) < 4.78 is 0. The van der Waals surface area contributed by atoms with Crippen molar-refractivity contribution >= 4 is 45.3 Å². The summed E-state index contributed by atoms with van der Waals surface area (Å²) in [5.41, 5.74) is 7.30. The number of hydrogen-bond donors (Lipinski definition) is 0. The molecule has 0 saturated heterocycles. The van der Waals surface area contributed by atoms with Gasteiger partial charge in [0.25, 0.3) is 0 Å². The van der Waals surface area contributed by atoms with Gasteiger partial charge in [-0.05, 0) is 57.9 Å². The molecule has 4 heteroatoms. The molecule has 2 aromatic heterocycles. The number of pyridine rings is 2. The molecule has 0 bridgehead atoms. The molecule has 4 nitrogen and oxygen atoms in total. The topological polar surface area (TPSA) is 50.5 Å². The lowest BCUT2D eigenvalue weighted by molar-refractivity contribution is 1.24. The van der Waals surface area contributed by atoms with Crippen LogP contribution in [0.4, 0.5) is 11.4 Å². The largest absolute Gasteiger partial charge is 0.256 e.